The van der Waals surface area contributed by atoms with Crippen molar-refractivity contribution in [1.29, 1.82) is 0 Å². The minimum Gasteiger partial charge on any atom is -0.308 e. The average Bonchev–Trinajstić information content (AvgIpc) is 1.67. The number of aromatic nitrogens is 3. The van der Waals surface area contributed by atoms with Crippen LogP contribution in [0.5, 0.6) is 0 Å². The summed E-state index contributed by atoms with van der Waals surface area (Å²) in [5, 5.41) is 4.94. The molecule has 0 N–H and O–H groups in total. The van der Waals surface area contributed by atoms with Crippen molar-refractivity contribution in [2.75, 3.05) is 4.90 Å². The number of benzene rings is 13. The van der Waals surface area contributed by atoms with E-state index in [1.165, 1.54) is 40.3 Å². The Kier molecular flexibility index (Phi) is 13.2. The van der Waals surface area contributed by atoms with Gasteiger partial charge in [0.1, 0.15) is 0 Å². The molecule has 87 heavy (non-hydrogen) atoms. The fourth-order valence-corrected chi connectivity index (χ4v) is 14.6. The molecular weight excluding hydrogens is 1090 g/mol. The molecule has 0 unspecified atom stereocenters. The summed E-state index contributed by atoms with van der Waals surface area (Å²) in [4.78, 5) is 19.1. The van der Waals surface area contributed by atoms with Crippen LogP contribution in [0, 0.1) is 0 Å². The fourth-order valence-electron chi connectivity index (χ4n) is 12.3. The largest absolute Gasteiger partial charge is 0.308 e. The monoisotopic (exact) mass is 1140 g/mol. The maximum Gasteiger partial charge on any atom is 0.164 e. The summed E-state index contributed by atoms with van der Waals surface area (Å²) in [6.45, 7) is 0. The molecule has 16 aromatic rings. The zero-order valence-corrected chi connectivity index (χ0v) is 48.8. The van der Waals surface area contributed by atoms with Crippen molar-refractivity contribution in [2.24, 2.45) is 0 Å². The van der Waals surface area contributed by atoms with Gasteiger partial charge in [-0.25, -0.2) is 15.0 Å². The number of rotatable bonds is 12. The third kappa shape index (κ3) is 9.73. The van der Waals surface area contributed by atoms with Crippen LogP contribution in [0.15, 0.2) is 315 Å². The molecular formula is C81H52N4S2. The van der Waals surface area contributed by atoms with Crippen LogP contribution < -0.4 is 4.90 Å². The van der Waals surface area contributed by atoms with E-state index in [0.717, 1.165) is 101 Å². The molecule has 4 nitrogen and oxygen atoms in total. The molecule has 0 bridgehead atoms. The van der Waals surface area contributed by atoms with Crippen LogP contribution >= 0.6 is 22.7 Å². The first-order valence-electron chi connectivity index (χ1n) is 29.3. The molecule has 6 heteroatoms. The fraction of sp³-hybridized carbons (Fsp3) is 0. The van der Waals surface area contributed by atoms with Crippen LogP contribution in [-0.2, 0) is 0 Å². The van der Waals surface area contributed by atoms with Gasteiger partial charge in [-0.05, 0) is 105 Å². The second kappa shape index (κ2) is 22.3. The van der Waals surface area contributed by atoms with Crippen molar-refractivity contribution in [1.82, 2.24) is 15.0 Å². The van der Waals surface area contributed by atoms with Gasteiger partial charge in [0.2, 0.25) is 0 Å². The van der Waals surface area contributed by atoms with Crippen LogP contribution in [0.4, 0.5) is 17.1 Å². The molecule has 0 amide bonds. The van der Waals surface area contributed by atoms with Crippen molar-refractivity contribution in [3.05, 3.63) is 315 Å². The van der Waals surface area contributed by atoms with E-state index in [1.54, 1.807) is 22.7 Å². The SMILES string of the molecule is c1ccc(-c2ccc(N(c3ccc(-c4ccccc4)cc3-c3ccccc3)c3c(-c4ccccc4)cc(-c4nc(-c5ccc6c(c5)sc5ccccc56)nc(-c5ccc6c(c5)sc5ccccc56)n4)cc3-c3ccccc3)c(-c3ccccc3)c2)cc1. The lowest BCUT2D eigenvalue weighted by Crippen LogP contribution is -2.15. The maximum atomic E-state index is 5.57. The van der Waals surface area contributed by atoms with Gasteiger partial charge in [-0.3, -0.25) is 0 Å². The smallest absolute Gasteiger partial charge is 0.164 e. The Labute approximate surface area is 512 Å². The highest BCUT2D eigenvalue weighted by molar-refractivity contribution is 7.26. The lowest BCUT2D eigenvalue weighted by atomic mass is 9.89. The maximum absolute atomic E-state index is 5.57. The Morgan fingerprint density at radius 2 is 0.506 bits per heavy atom. The molecule has 0 atom stereocenters. The van der Waals surface area contributed by atoms with Gasteiger partial charge in [-0.2, -0.15) is 0 Å². The first-order chi connectivity index (χ1) is 43.1. The molecule has 0 radical (unpaired) electrons. The Hall–Kier alpha value is -10.9. The summed E-state index contributed by atoms with van der Waals surface area (Å²) < 4.78 is 4.87. The quantitative estimate of drug-likeness (QED) is 0.122. The van der Waals surface area contributed by atoms with E-state index in [0.29, 0.717) is 17.5 Å². The van der Waals surface area contributed by atoms with Gasteiger partial charge in [0.05, 0.1) is 17.1 Å². The standard InChI is InChI=1S/C81H52N4S2/c1-7-23-53(24-8-1)59-41-45-72(68(47-59)55-27-11-3-12-28-55)85(73-46-42-60(54-25-9-2-10-26-54)48-69(73)56-29-13-4-14-30-56)78-70(57-31-15-5-16-32-57)49-63(50-71(78)58-33-17-6-18-34-58)81-83-79(61-39-43-66-64-35-19-21-37-74(64)86-76(66)51-61)82-80(84-81)62-40-44-67-65-36-20-22-38-75(65)87-77(67)52-62/h1-52H. The number of hydrogen-bond acceptors (Lipinski definition) is 6. The summed E-state index contributed by atoms with van der Waals surface area (Å²) >= 11 is 3.60. The van der Waals surface area contributed by atoms with Crippen molar-refractivity contribution in [3.63, 3.8) is 0 Å². The molecule has 13 aromatic carbocycles. The molecule has 0 aliphatic carbocycles. The first-order valence-corrected chi connectivity index (χ1v) is 30.9. The van der Waals surface area contributed by atoms with Gasteiger partial charge in [0.25, 0.3) is 0 Å². The molecule has 3 aromatic heterocycles. The second-order valence-corrected chi connectivity index (χ2v) is 24.0. The van der Waals surface area contributed by atoms with E-state index in [1.807, 2.05) is 0 Å². The van der Waals surface area contributed by atoms with Gasteiger partial charge in [0.15, 0.2) is 17.5 Å². The van der Waals surface area contributed by atoms with Crippen molar-refractivity contribution in [2.45, 2.75) is 0 Å². The van der Waals surface area contributed by atoms with Gasteiger partial charge >= 0.3 is 0 Å². The van der Waals surface area contributed by atoms with Crippen LogP contribution in [0.2, 0.25) is 0 Å². The van der Waals surface area contributed by atoms with Crippen molar-refractivity contribution < 1.29 is 0 Å². The lowest BCUT2D eigenvalue weighted by molar-refractivity contribution is 1.08. The van der Waals surface area contributed by atoms with E-state index >= 15 is 0 Å². The normalized spacial score (nSPS) is 11.4. The Bertz CT molecular complexity index is 4880. The zero-order chi connectivity index (χ0) is 57.6. The first kappa shape index (κ1) is 51.7. The molecule has 0 saturated heterocycles. The van der Waals surface area contributed by atoms with E-state index in [9.17, 15) is 0 Å². The summed E-state index contributed by atoms with van der Waals surface area (Å²) in [6, 6.07) is 114. The molecule has 0 aliphatic heterocycles. The van der Waals surface area contributed by atoms with Gasteiger partial charge in [-0.1, -0.05) is 255 Å². The molecule has 3 heterocycles. The summed E-state index contributed by atoms with van der Waals surface area (Å²) in [5.74, 6) is 1.79. The van der Waals surface area contributed by atoms with Crippen LogP contribution in [0.25, 0.3) is 141 Å². The number of anilines is 3. The van der Waals surface area contributed by atoms with Crippen molar-refractivity contribution in [3.8, 4) is 101 Å². The predicted molar refractivity (Wildman–Crippen MR) is 369 cm³/mol. The molecule has 0 fully saturated rings. The van der Waals surface area contributed by atoms with Gasteiger partial charge < -0.3 is 4.90 Å². The van der Waals surface area contributed by atoms with Gasteiger partial charge in [0, 0.05) is 79.3 Å². The van der Waals surface area contributed by atoms with Crippen LogP contribution in [-0.4, -0.2) is 15.0 Å². The highest BCUT2D eigenvalue weighted by atomic mass is 32.1. The molecule has 0 saturated carbocycles. The zero-order valence-electron chi connectivity index (χ0n) is 47.1. The van der Waals surface area contributed by atoms with Crippen LogP contribution in [0.1, 0.15) is 0 Å². The molecule has 408 valence electrons. The summed E-state index contributed by atoms with van der Waals surface area (Å²) in [6.07, 6.45) is 0. The van der Waals surface area contributed by atoms with Gasteiger partial charge in [-0.15, -0.1) is 22.7 Å². The Morgan fingerprint density at radius 1 is 0.207 bits per heavy atom. The van der Waals surface area contributed by atoms with E-state index in [-0.39, 0.29) is 0 Å². The Balaban J connectivity index is 1.00. The summed E-state index contributed by atoms with van der Waals surface area (Å²) in [5.41, 5.74) is 18.8. The number of hydrogen-bond donors (Lipinski definition) is 0. The summed E-state index contributed by atoms with van der Waals surface area (Å²) in [7, 11) is 0. The Morgan fingerprint density at radius 3 is 0.897 bits per heavy atom. The molecule has 0 spiro atoms. The average molecular weight is 1150 g/mol. The highest BCUT2D eigenvalue weighted by Crippen LogP contribution is 2.54. The third-order valence-corrected chi connectivity index (χ3v) is 18.8. The molecule has 0 aliphatic rings. The minimum atomic E-state index is 0.574. The number of fused-ring (bicyclic) bond motifs is 6. The number of thiophene rings is 2. The number of nitrogens with zero attached hydrogens (tertiary/aromatic N) is 4. The van der Waals surface area contributed by atoms with Crippen LogP contribution in [0.3, 0.4) is 0 Å². The minimum absolute atomic E-state index is 0.574. The van der Waals surface area contributed by atoms with E-state index < -0.39 is 0 Å². The van der Waals surface area contributed by atoms with E-state index in [4.69, 9.17) is 15.0 Å². The van der Waals surface area contributed by atoms with E-state index in [2.05, 4.69) is 320 Å². The molecule has 16 rings (SSSR count). The highest BCUT2D eigenvalue weighted by Gasteiger charge is 2.29. The third-order valence-electron chi connectivity index (χ3n) is 16.5. The van der Waals surface area contributed by atoms with Crippen molar-refractivity contribution >= 4 is 80.1 Å². The topological polar surface area (TPSA) is 41.9 Å². The second-order valence-electron chi connectivity index (χ2n) is 21.8. The predicted octanol–water partition coefficient (Wildman–Crippen LogP) is 23.1. The lowest BCUT2D eigenvalue weighted by Gasteiger charge is -2.34.